The fraction of sp³-hybridized carbons (Fsp3) is 0.611. The third-order valence-corrected chi connectivity index (χ3v) is 4.57. The Morgan fingerprint density at radius 2 is 2.05 bits per heavy atom. The predicted molar refractivity (Wildman–Crippen MR) is 84.9 cm³/mol. The van der Waals surface area contributed by atoms with Crippen LogP contribution in [0.4, 0.5) is 0 Å². The van der Waals surface area contributed by atoms with Crippen LogP contribution in [0.15, 0.2) is 30.3 Å². The quantitative estimate of drug-likeness (QED) is 0.773. The number of nitrogens with one attached hydrogen (secondary N) is 1. The molecule has 3 heteroatoms. The number of aliphatic hydroxyl groups is 1. The number of hydrogen-bond acceptors (Lipinski definition) is 2. The van der Waals surface area contributed by atoms with Crippen molar-refractivity contribution < 1.29 is 9.90 Å². The van der Waals surface area contributed by atoms with E-state index in [4.69, 9.17) is 0 Å². The maximum Gasteiger partial charge on any atom is 0.220 e. The van der Waals surface area contributed by atoms with Crippen LogP contribution >= 0.6 is 0 Å². The molecule has 0 bridgehead atoms. The number of carbonyl (C=O) groups excluding carboxylic acids is 1. The second-order valence-electron chi connectivity index (χ2n) is 6.74. The molecule has 1 aromatic carbocycles. The number of rotatable bonds is 8. The predicted octanol–water partition coefficient (Wildman–Crippen LogP) is 2.92. The van der Waals surface area contributed by atoms with Gasteiger partial charge in [0.1, 0.15) is 0 Å². The van der Waals surface area contributed by atoms with Crippen LogP contribution in [-0.4, -0.2) is 24.2 Å². The van der Waals surface area contributed by atoms with E-state index >= 15 is 0 Å². The molecule has 1 aliphatic rings. The lowest BCUT2D eigenvalue weighted by molar-refractivity contribution is -0.122. The van der Waals surface area contributed by atoms with Crippen molar-refractivity contribution in [2.24, 2.45) is 11.3 Å². The van der Waals surface area contributed by atoms with Crippen LogP contribution in [-0.2, 0) is 11.2 Å². The molecule has 1 saturated carbocycles. The average molecular weight is 289 g/mol. The van der Waals surface area contributed by atoms with Crippen molar-refractivity contribution in [3.8, 4) is 0 Å². The minimum Gasteiger partial charge on any atom is -0.396 e. The normalized spacial score (nSPS) is 17.8. The van der Waals surface area contributed by atoms with Gasteiger partial charge in [0.25, 0.3) is 0 Å². The first-order valence-corrected chi connectivity index (χ1v) is 8.03. The largest absolute Gasteiger partial charge is 0.396 e. The molecule has 3 nitrogen and oxygen atoms in total. The maximum absolute atomic E-state index is 11.9. The summed E-state index contributed by atoms with van der Waals surface area (Å²) in [4.78, 5) is 11.9. The highest BCUT2D eigenvalue weighted by atomic mass is 16.3. The van der Waals surface area contributed by atoms with E-state index in [0.29, 0.717) is 13.0 Å². The first-order chi connectivity index (χ1) is 10.1. The highest BCUT2D eigenvalue weighted by Gasteiger charge is 2.25. The Kier molecular flexibility index (Phi) is 5.80. The Hall–Kier alpha value is -1.35. The molecule has 0 spiro atoms. The first kappa shape index (κ1) is 16.0. The fourth-order valence-electron chi connectivity index (χ4n) is 2.78. The van der Waals surface area contributed by atoms with Crippen LogP contribution in [0, 0.1) is 11.3 Å². The molecule has 2 rings (SSSR count). The van der Waals surface area contributed by atoms with Gasteiger partial charge in [-0.05, 0) is 24.3 Å². The van der Waals surface area contributed by atoms with Crippen molar-refractivity contribution in [3.63, 3.8) is 0 Å². The van der Waals surface area contributed by atoms with E-state index in [2.05, 4.69) is 17.4 Å². The summed E-state index contributed by atoms with van der Waals surface area (Å²) in [6, 6.07) is 10.1. The second kappa shape index (κ2) is 7.60. The Bertz CT molecular complexity index is 442. The first-order valence-electron chi connectivity index (χ1n) is 8.03. The molecule has 0 saturated heterocycles. The number of hydrogen-bond donors (Lipinski definition) is 2. The second-order valence-corrected chi connectivity index (χ2v) is 6.74. The van der Waals surface area contributed by atoms with E-state index < -0.39 is 0 Å². The van der Waals surface area contributed by atoms with Gasteiger partial charge in [-0.1, -0.05) is 56.5 Å². The third kappa shape index (κ3) is 5.16. The van der Waals surface area contributed by atoms with Gasteiger partial charge in [-0.15, -0.1) is 0 Å². The van der Waals surface area contributed by atoms with Gasteiger partial charge in [0.15, 0.2) is 0 Å². The van der Waals surface area contributed by atoms with Gasteiger partial charge >= 0.3 is 0 Å². The van der Waals surface area contributed by atoms with Gasteiger partial charge in [-0.3, -0.25) is 4.79 Å². The molecule has 21 heavy (non-hydrogen) atoms. The topological polar surface area (TPSA) is 49.3 Å². The van der Waals surface area contributed by atoms with Crippen LogP contribution in [0.3, 0.4) is 0 Å². The summed E-state index contributed by atoms with van der Waals surface area (Å²) in [5.41, 5.74) is 0.894. The lowest BCUT2D eigenvalue weighted by atomic mass is 9.82. The lowest BCUT2D eigenvalue weighted by Crippen LogP contribution is -2.39. The smallest absolute Gasteiger partial charge is 0.220 e. The van der Waals surface area contributed by atoms with Crippen LogP contribution in [0.25, 0.3) is 0 Å². The Labute approximate surface area is 127 Å². The van der Waals surface area contributed by atoms with Crippen molar-refractivity contribution in [1.82, 2.24) is 5.32 Å². The van der Waals surface area contributed by atoms with E-state index in [1.165, 1.54) is 24.8 Å². The summed E-state index contributed by atoms with van der Waals surface area (Å²) >= 11 is 0. The summed E-state index contributed by atoms with van der Waals surface area (Å²) < 4.78 is 0. The van der Waals surface area contributed by atoms with Gasteiger partial charge in [-0.25, -0.2) is 0 Å². The van der Waals surface area contributed by atoms with Crippen LogP contribution in [0.5, 0.6) is 0 Å². The number of aliphatic hydroxyl groups excluding tert-OH is 1. The number of benzene rings is 1. The summed E-state index contributed by atoms with van der Waals surface area (Å²) in [7, 11) is 0. The van der Waals surface area contributed by atoms with Crippen LogP contribution in [0.1, 0.15) is 44.6 Å². The van der Waals surface area contributed by atoms with E-state index in [0.717, 1.165) is 18.8 Å². The minimum absolute atomic E-state index is 0.0742. The SMILES string of the molecule is CC(CO)(CNC(=O)CCC1CCC1)Cc1ccccc1. The summed E-state index contributed by atoms with van der Waals surface area (Å²) in [6.07, 6.45) is 6.31. The van der Waals surface area contributed by atoms with Crippen LogP contribution in [0.2, 0.25) is 0 Å². The van der Waals surface area contributed by atoms with Crippen molar-refractivity contribution >= 4 is 5.91 Å². The molecule has 1 aliphatic carbocycles. The standard InChI is InChI=1S/C18H27NO2/c1-18(14-20,12-16-6-3-2-4-7-16)13-19-17(21)11-10-15-8-5-9-15/h2-4,6-7,15,20H,5,8-14H2,1H3,(H,19,21). The molecule has 1 atom stereocenters. The van der Waals surface area contributed by atoms with Crippen molar-refractivity contribution in [3.05, 3.63) is 35.9 Å². The molecule has 1 amide bonds. The zero-order chi connectivity index (χ0) is 15.1. The Morgan fingerprint density at radius 3 is 2.62 bits per heavy atom. The van der Waals surface area contributed by atoms with E-state index in [9.17, 15) is 9.90 Å². The molecule has 0 aromatic heterocycles. The third-order valence-electron chi connectivity index (χ3n) is 4.57. The summed E-state index contributed by atoms with van der Waals surface area (Å²) in [5, 5.41) is 12.7. The van der Waals surface area contributed by atoms with E-state index in [1.54, 1.807) is 0 Å². The van der Waals surface area contributed by atoms with Crippen molar-refractivity contribution in [2.45, 2.75) is 45.4 Å². The average Bonchev–Trinajstić information content (AvgIpc) is 2.45. The van der Waals surface area contributed by atoms with Crippen molar-refractivity contribution in [2.75, 3.05) is 13.2 Å². The highest BCUT2D eigenvalue weighted by molar-refractivity contribution is 5.75. The van der Waals surface area contributed by atoms with Gasteiger partial charge in [-0.2, -0.15) is 0 Å². The van der Waals surface area contributed by atoms with Crippen molar-refractivity contribution in [1.29, 1.82) is 0 Å². The Morgan fingerprint density at radius 1 is 1.33 bits per heavy atom. The zero-order valence-corrected chi connectivity index (χ0v) is 13.0. The lowest BCUT2D eigenvalue weighted by Gasteiger charge is -2.28. The molecule has 0 heterocycles. The zero-order valence-electron chi connectivity index (χ0n) is 13.0. The molecular weight excluding hydrogens is 262 g/mol. The maximum atomic E-state index is 11.9. The van der Waals surface area contributed by atoms with Gasteiger partial charge in [0.2, 0.25) is 5.91 Å². The molecule has 0 radical (unpaired) electrons. The molecule has 1 aromatic rings. The monoisotopic (exact) mass is 289 g/mol. The van der Waals surface area contributed by atoms with Gasteiger partial charge in [0, 0.05) is 18.4 Å². The van der Waals surface area contributed by atoms with Gasteiger partial charge < -0.3 is 10.4 Å². The molecular formula is C18H27NO2. The molecule has 116 valence electrons. The minimum atomic E-state index is -0.298. The number of carbonyl (C=O) groups is 1. The molecule has 1 fully saturated rings. The number of amides is 1. The molecule has 2 N–H and O–H groups in total. The fourth-order valence-corrected chi connectivity index (χ4v) is 2.78. The molecule has 1 unspecified atom stereocenters. The van der Waals surface area contributed by atoms with E-state index in [-0.39, 0.29) is 17.9 Å². The highest BCUT2D eigenvalue weighted by Crippen LogP contribution is 2.30. The summed E-state index contributed by atoms with van der Waals surface area (Å²) in [6.45, 7) is 2.62. The summed E-state index contributed by atoms with van der Waals surface area (Å²) in [5.74, 6) is 0.888. The van der Waals surface area contributed by atoms with E-state index in [1.807, 2.05) is 25.1 Å². The molecule has 0 aliphatic heterocycles. The van der Waals surface area contributed by atoms with Crippen LogP contribution < -0.4 is 5.32 Å². The van der Waals surface area contributed by atoms with Gasteiger partial charge in [0.05, 0.1) is 6.61 Å². The Balaban J connectivity index is 1.76.